The molecule has 146 valence electrons. The molecule has 0 saturated carbocycles. The summed E-state index contributed by atoms with van der Waals surface area (Å²) in [5.74, 6) is 0.579. The van der Waals surface area contributed by atoms with Crippen molar-refractivity contribution in [3.8, 4) is 5.75 Å². The summed E-state index contributed by atoms with van der Waals surface area (Å²) in [5, 5.41) is 2.95. The van der Waals surface area contributed by atoms with Crippen molar-refractivity contribution in [3.63, 3.8) is 0 Å². The van der Waals surface area contributed by atoms with Gasteiger partial charge in [0.25, 0.3) is 5.91 Å². The van der Waals surface area contributed by atoms with E-state index in [-0.39, 0.29) is 18.2 Å². The van der Waals surface area contributed by atoms with Crippen molar-refractivity contribution >= 4 is 21.6 Å². The standard InChI is InChI=1S/C19H30N2O4S/c1-4-7-10-15(5-2)13-20-19(22)18-14-21(26(23,24)6-3)16-11-8-9-12-17(16)25-18/h8-9,11-12,15,18H,4-7,10,13-14H2,1-3H3,(H,20,22)/t15-,18+/m1/s1. The van der Waals surface area contributed by atoms with E-state index in [2.05, 4.69) is 19.2 Å². The van der Waals surface area contributed by atoms with Crippen LogP contribution in [-0.4, -0.2) is 39.3 Å². The SMILES string of the molecule is CCCC[C@@H](CC)CNC(=O)[C@@H]1CN(S(=O)(=O)CC)c2ccccc2O1. The van der Waals surface area contributed by atoms with E-state index in [1.54, 1.807) is 31.2 Å². The molecule has 0 fully saturated rings. The van der Waals surface area contributed by atoms with Crippen LogP contribution in [0.4, 0.5) is 5.69 Å². The summed E-state index contributed by atoms with van der Waals surface area (Å²) in [4.78, 5) is 12.6. The number of nitrogens with zero attached hydrogens (tertiary/aromatic N) is 1. The van der Waals surface area contributed by atoms with Gasteiger partial charge in [0.1, 0.15) is 5.75 Å². The zero-order valence-corrected chi connectivity index (χ0v) is 16.7. The molecular formula is C19H30N2O4S. The van der Waals surface area contributed by atoms with E-state index >= 15 is 0 Å². The molecule has 0 spiro atoms. The molecule has 1 aliphatic heterocycles. The van der Waals surface area contributed by atoms with Gasteiger partial charge in [0.15, 0.2) is 6.10 Å². The molecule has 0 aromatic heterocycles. The van der Waals surface area contributed by atoms with E-state index in [1.807, 2.05) is 0 Å². The summed E-state index contributed by atoms with van der Waals surface area (Å²) in [6.45, 7) is 6.47. The fourth-order valence-electron chi connectivity index (χ4n) is 3.06. The molecule has 0 unspecified atom stereocenters. The lowest BCUT2D eigenvalue weighted by atomic mass is 9.99. The lowest BCUT2D eigenvalue weighted by Gasteiger charge is -2.34. The Balaban J connectivity index is 2.10. The maximum absolute atomic E-state index is 12.6. The van der Waals surface area contributed by atoms with E-state index in [1.165, 1.54) is 4.31 Å². The molecule has 26 heavy (non-hydrogen) atoms. The Morgan fingerprint density at radius 2 is 2.04 bits per heavy atom. The minimum Gasteiger partial charge on any atom is -0.476 e. The summed E-state index contributed by atoms with van der Waals surface area (Å²) >= 11 is 0. The summed E-state index contributed by atoms with van der Waals surface area (Å²) in [5.41, 5.74) is 0.493. The Bertz CT molecular complexity index is 705. The van der Waals surface area contributed by atoms with Crippen molar-refractivity contribution in [1.29, 1.82) is 0 Å². The van der Waals surface area contributed by atoms with Crippen LogP contribution >= 0.6 is 0 Å². The maximum Gasteiger partial charge on any atom is 0.263 e. The first-order valence-electron chi connectivity index (χ1n) is 9.46. The minimum absolute atomic E-state index is 0.00473. The number of benzene rings is 1. The summed E-state index contributed by atoms with van der Waals surface area (Å²) in [6.07, 6.45) is 3.53. The van der Waals surface area contributed by atoms with E-state index in [0.29, 0.717) is 23.9 Å². The topological polar surface area (TPSA) is 75.7 Å². The smallest absolute Gasteiger partial charge is 0.263 e. The molecule has 0 aliphatic carbocycles. The molecular weight excluding hydrogens is 352 g/mol. The number of carbonyl (C=O) groups is 1. The lowest BCUT2D eigenvalue weighted by molar-refractivity contribution is -0.127. The third-order valence-electron chi connectivity index (χ3n) is 4.84. The molecule has 1 aliphatic rings. The molecule has 0 radical (unpaired) electrons. The van der Waals surface area contributed by atoms with Crippen LogP contribution in [0.15, 0.2) is 24.3 Å². The highest BCUT2D eigenvalue weighted by atomic mass is 32.2. The van der Waals surface area contributed by atoms with E-state index < -0.39 is 16.1 Å². The number of amides is 1. The van der Waals surface area contributed by atoms with Gasteiger partial charge in [0.05, 0.1) is 18.0 Å². The second-order valence-electron chi connectivity index (χ2n) is 6.67. The summed E-state index contributed by atoms with van der Waals surface area (Å²) < 4.78 is 32.0. The van der Waals surface area contributed by atoms with Gasteiger partial charge < -0.3 is 10.1 Å². The van der Waals surface area contributed by atoms with Crippen molar-refractivity contribution in [2.45, 2.75) is 52.6 Å². The molecule has 1 amide bonds. The molecule has 0 saturated heterocycles. The fraction of sp³-hybridized carbons (Fsp3) is 0.632. The van der Waals surface area contributed by atoms with Crippen molar-refractivity contribution in [1.82, 2.24) is 5.32 Å². The van der Waals surface area contributed by atoms with Crippen LogP contribution in [-0.2, 0) is 14.8 Å². The van der Waals surface area contributed by atoms with Gasteiger partial charge in [-0.05, 0) is 31.4 Å². The fourth-order valence-corrected chi connectivity index (χ4v) is 4.18. The van der Waals surface area contributed by atoms with Gasteiger partial charge in [-0.25, -0.2) is 8.42 Å². The average molecular weight is 383 g/mol. The van der Waals surface area contributed by atoms with Crippen LogP contribution in [0.3, 0.4) is 0 Å². The quantitative estimate of drug-likeness (QED) is 0.712. The number of para-hydroxylation sites is 2. The molecule has 0 bridgehead atoms. The van der Waals surface area contributed by atoms with Crippen LogP contribution < -0.4 is 14.4 Å². The third-order valence-corrected chi connectivity index (χ3v) is 6.58. The molecule has 1 aromatic rings. The van der Waals surface area contributed by atoms with Gasteiger partial charge in [-0.2, -0.15) is 0 Å². The van der Waals surface area contributed by atoms with Gasteiger partial charge in [-0.1, -0.05) is 45.2 Å². The predicted molar refractivity (Wildman–Crippen MR) is 104 cm³/mol. The van der Waals surface area contributed by atoms with Crippen LogP contribution in [0.2, 0.25) is 0 Å². The first-order chi connectivity index (χ1) is 12.4. The highest BCUT2D eigenvalue weighted by molar-refractivity contribution is 7.92. The van der Waals surface area contributed by atoms with Crippen LogP contribution in [0, 0.1) is 5.92 Å². The van der Waals surface area contributed by atoms with Gasteiger partial charge in [0.2, 0.25) is 10.0 Å². The first-order valence-corrected chi connectivity index (χ1v) is 11.1. The number of ether oxygens (including phenoxy) is 1. The highest BCUT2D eigenvalue weighted by Gasteiger charge is 2.35. The van der Waals surface area contributed by atoms with Crippen LogP contribution in [0.1, 0.15) is 46.5 Å². The summed E-state index contributed by atoms with van der Waals surface area (Å²) in [7, 11) is -3.48. The number of nitrogens with one attached hydrogen (secondary N) is 1. The van der Waals surface area contributed by atoms with Gasteiger partial charge >= 0.3 is 0 Å². The predicted octanol–water partition coefficient (Wildman–Crippen LogP) is 2.94. The van der Waals surface area contributed by atoms with Crippen molar-refractivity contribution < 1.29 is 17.9 Å². The third kappa shape index (κ3) is 4.90. The Kier molecular flexibility index (Phi) is 7.32. The highest BCUT2D eigenvalue weighted by Crippen LogP contribution is 2.35. The van der Waals surface area contributed by atoms with E-state index in [9.17, 15) is 13.2 Å². The van der Waals surface area contributed by atoms with Gasteiger partial charge in [0, 0.05) is 6.54 Å². The largest absolute Gasteiger partial charge is 0.476 e. The second kappa shape index (κ2) is 9.26. The molecule has 2 rings (SSSR count). The number of anilines is 1. The summed E-state index contributed by atoms with van der Waals surface area (Å²) in [6, 6.07) is 6.94. The van der Waals surface area contributed by atoms with Crippen molar-refractivity contribution in [2.75, 3.05) is 23.1 Å². The minimum atomic E-state index is -3.48. The normalized spacial score (nSPS) is 18.0. The van der Waals surface area contributed by atoms with E-state index in [0.717, 1.165) is 25.7 Å². The first kappa shape index (κ1) is 20.6. The Labute approximate surface area is 157 Å². The molecule has 2 atom stereocenters. The monoisotopic (exact) mass is 382 g/mol. The van der Waals surface area contributed by atoms with Crippen LogP contribution in [0.5, 0.6) is 5.75 Å². The molecule has 1 N–H and O–H groups in total. The number of hydrogen-bond donors (Lipinski definition) is 1. The lowest BCUT2D eigenvalue weighted by Crippen LogP contribution is -2.51. The molecule has 6 nitrogen and oxygen atoms in total. The zero-order valence-electron chi connectivity index (χ0n) is 15.9. The van der Waals surface area contributed by atoms with E-state index in [4.69, 9.17) is 4.74 Å². The Hall–Kier alpha value is -1.76. The number of unbranched alkanes of at least 4 members (excludes halogenated alkanes) is 1. The van der Waals surface area contributed by atoms with Crippen molar-refractivity contribution in [2.24, 2.45) is 5.92 Å². The van der Waals surface area contributed by atoms with Gasteiger partial charge in [-0.15, -0.1) is 0 Å². The molecule has 1 aromatic carbocycles. The Morgan fingerprint density at radius 1 is 1.31 bits per heavy atom. The van der Waals surface area contributed by atoms with Gasteiger partial charge in [-0.3, -0.25) is 9.10 Å². The van der Waals surface area contributed by atoms with Crippen LogP contribution in [0.25, 0.3) is 0 Å². The number of fused-ring (bicyclic) bond motifs is 1. The second-order valence-corrected chi connectivity index (χ2v) is 8.85. The average Bonchev–Trinajstić information content (AvgIpc) is 2.66. The number of carbonyl (C=O) groups excluding carboxylic acids is 1. The Morgan fingerprint density at radius 3 is 2.69 bits per heavy atom. The number of sulfonamides is 1. The zero-order chi connectivity index (χ0) is 19.2. The van der Waals surface area contributed by atoms with Crippen molar-refractivity contribution in [3.05, 3.63) is 24.3 Å². The number of hydrogen-bond acceptors (Lipinski definition) is 4. The molecule has 1 heterocycles. The molecule has 7 heteroatoms. The number of rotatable bonds is 9. The maximum atomic E-state index is 12.6.